The van der Waals surface area contributed by atoms with Crippen LogP contribution in [0, 0.1) is 11.8 Å². The molecule has 8 heteroatoms. The predicted molar refractivity (Wildman–Crippen MR) is 76.6 cm³/mol. The second kappa shape index (κ2) is 8.23. The molecule has 2 atom stereocenters. The van der Waals surface area contributed by atoms with Crippen LogP contribution in [0.2, 0.25) is 0 Å². The molecule has 0 heterocycles. The van der Waals surface area contributed by atoms with Crippen molar-refractivity contribution in [2.45, 2.75) is 76.3 Å². The van der Waals surface area contributed by atoms with E-state index in [0.29, 0.717) is 5.92 Å². The van der Waals surface area contributed by atoms with Crippen molar-refractivity contribution in [2.75, 3.05) is 13.2 Å². The number of hydrogen-bond donors (Lipinski definition) is 0. The molecule has 0 aromatic heterocycles. The van der Waals surface area contributed by atoms with Gasteiger partial charge in [-0.05, 0) is 25.2 Å². The van der Waals surface area contributed by atoms with E-state index in [4.69, 9.17) is 4.74 Å². The van der Waals surface area contributed by atoms with E-state index in [2.05, 4.69) is 0 Å². The van der Waals surface area contributed by atoms with Crippen LogP contribution >= 0.6 is 0 Å². The standard InChI is InChI=1S/C16H25F7O/c1-3-4-6-12(11-7-5-8-11)9-24-10-14(2,19)16(22,23)15(20,21)13(17)18/h11-13H,3-10H2,1-2H3. The third-order valence-corrected chi connectivity index (χ3v) is 4.80. The zero-order valence-electron chi connectivity index (χ0n) is 13.9. The van der Waals surface area contributed by atoms with Crippen LogP contribution in [0.5, 0.6) is 0 Å². The van der Waals surface area contributed by atoms with E-state index in [9.17, 15) is 30.7 Å². The molecular formula is C16H25F7O. The number of alkyl halides is 7. The van der Waals surface area contributed by atoms with Gasteiger partial charge in [-0.3, -0.25) is 0 Å². The minimum Gasteiger partial charge on any atom is -0.378 e. The van der Waals surface area contributed by atoms with Crippen LogP contribution in [0.15, 0.2) is 0 Å². The Hall–Kier alpha value is -0.530. The SMILES string of the molecule is CCCCC(COCC(C)(F)C(F)(F)C(F)(F)C(F)F)C1CCC1. The number of rotatable bonds is 11. The van der Waals surface area contributed by atoms with Gasteiger partial charge in [-0.1, -0.05) is 39.0 Å². The Balaban J connectivity index is 2.62. The summed E-state index contributed by atoms with van der Waals surface area (Å²) in [7, 11) is 0. The molecule has 0 aromatic rings. The molecule has 0 aromatic carbocycles. The zero-order valence-corrected chi connectivity index (χ0v) is 13.9. The van der Waals surface area contributed by atoms with Crippen molar-refractivity contribution in [3.63, 3.8) is 0 Å². The highest BCUT2D eigenvalue weighted by atomic mass is 19.3. The number of hydrogen-bond acceptors (Lipinski definition) is 1. The maximum Gasteiger partial charge on any atom is 0.372 e. The Bertz CT molecular complexity index is 381. The molecule has 0 amide bonds. The third kappa shape index (κ3) is 4.55. The van der Waals surface area contributed by atoms with E-state index < -0.39 is 30.5 Å². The van der Waals surface area contributed by atoms with Crippen LogP contribution in [0.25, 0.3) is 0 Å². The van der Waals surface area contributed by atoms with Gasteiger partial charge in [-0.15, -0.1) is 0 Å². The summed E-state index contributed by atoms with van der Waals surface area (Å²) in [6.45, 7) is 0.788. The number of unbranched alkanes of at least 4 members (excludes halogenated alkanes) is 1. The monoisotopic (exact) mass is 366 g/mol. The lowest BCUT2D eigenvalue weighted by Gasteiger charge is -2.37. The lowest BCUT2D eigenvalue weighted by Crippen LogP contribution is -2.60. The Kier molecular flexibility index (Phi) is 7.38. The lowest BCUT2D eigenvalue weighted by atomic mass is 9.74. The van der Waals surface area contributed by atoms with Gasteiger partial charge in [0.25, 0.3) is 0 Å². The van der Waals surface area contributed by atoms with Crippen LogP contribution in [-0.2, 0) is 4.74 Å². The van der Waals surface area contributed by atoms with Gasteiger partial charge in [0.05, 0.1) is 6.61 Å². The molecular weight excluding hydrogens is 341 g/mol. The normalized spacial score (nSPS) is 20.8. The van der Waals surface area contributed by atoms with Crippen molar-refractivity contribution in [1.29, 1.82) is 0 Å². The van der Waals surface area contributed by atoms with E-state index in [1.54, 1.807) is 0 Å². The van der Waals surface area contributed by atoms with Crippen LogP contribution in [-0.4, -0.2) is 37.2 Å². The van der Waals surface area contributed by atoms with Gasteiger partial charge in [0.15, 0.2) is 0 Å². The summed E-state index contributed by atoms with van der Waals surface area (Å²) in [6, 6.07) is 0. The second-order valence-corrected chi connectivity index (χ2v) is 6.80. The topological polar surface area (TPSA) is 9.23 Å². The number of halogens is 7. The van der Waals surface area contributed by atoms with E-state index in [0.717, 1.165) is 38.5 Å². The highest BCUT2D eigenvalue weighted by Crippen LogP contribution is 2.47. The fraction of sp³-hybridized carbons (Fsp3) is 1.00. The van der Waals surface area contributed by atoms with E-state index in [1.165, 1.54) is 0 Å². The molecule has 1 rings (SSSR count). The molecule has 0 bridgehead atoms. The summed E-state index contributed by atoms with van der Waals surface area (Å²) < 4.78 is 96.2. The Labute approximate surface area is 137 Å². The summed E-state index contributed by atoms with van der Waals surface area (Å²) in [5, 5.41) is 0. The molecule has 1 aliphatic rings. The highest BCUT2D eigenvalue weighted by Gasteiger charge is 2.72. The molecule has 1 nitrogen and oxygen atoms in total. The van der Waals surface area contributed by atoms with Crippen LogP contribution < -0.4 is 0 Å². The molecule has 1 saturated carbocycles. The van der Waals surface area contributed by atoms with Gasteiger partial charge in [0.2, 0.25) is 5.67 Å². The van der Waals surface area contributed by atoms with Gasteiger partial charge in [0.1, 0.15) is 0 Å². The van der Waals surface area contributed by atoms with Crippen molar-refractivity contribution < 1.29 is 35.5 Å². The van der Waals surface area contributed by atoms with Gasteiger partial charge >= 0.3 is 18.3 Å². The highest BCUT2D eigenvalue weighted by molar-refractivity contribution is 5.01. The summed E-state index contributed by atoms with van der Waals surface area (Å²) in [5.74, 6) is -10.9. The Morgan fingerprint density at radius 1 is 1.08 bits per heavy atom. The van der Waals surface area contributed by atoms with Crippen LogP contribution in [0.1, 0.15) is 52.4 Å². The molecule has 0 saturated heterocycles. The van der Waals surface area contributed by atoms with E-state index in [1.807, 2.05) is 6.92 Å². The molecule has 0 N–H and O–H groups in total. The molecule has 144 valence electrons. The third-order valence-electron chi connectivity index (χ3n) is 4.80. The maximum atomic E-state index is 14.0. The smallest absolute Gasteiger partial charge is 0.372 e. The molecule has 1 aliphatic carbocycles. The molecule has 1 fully saturated rings. The first-order valence-electron chi connectivity index (χ1n) is 8.27. The quantitative estimate of drug-likeness (QED) is 0.415. The van der Waals surface area contributed by atoms with Crippen LogP contribution in [0.4, 0.5) is 30.7 Å². The Morgan fingerprint density at radius 2 is 1.67 bits per heavy atom. The van der Waals surface area contributed by atoms with Crippen LogP contribution in [0.3, 0.4) is 0 Å². The summed E-state index contributed by atoms with van der Waals surface area (Å²) >= 11 is 0. The first-order valence-corrected chi connectivity index (χ1v) is 8.27. The molecule has 0 radical (unpaired) electrons. The van der Waals surface area contributed by atoms with E-state index >= 15 is 0 Å². The minimum atomic E-state index is -5.75. The van der Waals surface area contributed by atoms with Crippen molar-refractivity contribution >= 4 is 0 Å². The Morgan fingerprint density at radius 3 is 2.08 bits per heavy atom. The lowest BCUT2D eigenvalue weighted by molar-refractivity contribution is -0.313. The van der Waals surface area contributed by atoms with E-state index in [-0.39, 0.29) is 19.4 Å². The van der Waals surface area contributed by atoms with Crippen molar-refractivity contribution in [1.82, 2.24) is 0 Å². The first-order chi connectivity index (χ1) is 11.0. The maximum absolute atomic E-state index is 14.0. The molecule has 24 heavy (non-hydrogen) atoms. The predicted octanol–water partition coefficient (Wildman–Crippen LogP) is 5.87. The fourth-order valence-electron chi connectivity index (χ4n) is 2.81. The van der Waals surface area contributed by atoms with Crippen molar-refractivity contribution in [2.24, 2.45) is 11.8 Å². The summed E-state index contributed by atoms with van der Waals surface area (Å²) in [4.78, 5) is 0. The molecule has 0 spiro atoms. The minimum absolute atomic E-state index is 0.0273. The summed E-state index contributed by atoms with van der Waals surface area (Å²) in [5.41, 5.74) is -3.89. The average Bonchev–Trinajstić information content (AvgIpc) is 2.41. The first kappa shape index (κ1) is 21.5. The van der Waals surface area contributed by atoms with Gasteiger partial charge in [-0.2, -0.15) is 17.6 Å². The van der Waals surface area contributed by atoms with Gasteiger partial charge in [-0.25, -0.2) is 13.2 Å². The molecule has 2 unspecified atom stereocenters. The second-order valence-electron chi connectivity index (χ2n) is 6.80. The average molecular weight is 366 g/mol. The zero-order chi connectivity index (χ0) is 18.6. The van der Waals surface area contributed by atoms with Gasteiger partial charge < -0.3 is 4.74 Å². The molecule has 0 aliphatic heterocycles. The van der Waals surface area contributed by atoms with Crippen molar-refractivity contribution in [3.05, 3.63) is 0 Å². The number of ether oxygens (including phenoxy) is 1. The van der Waals surface area contributed by atoms with Crippen molar-refractivity contribution in [3.8, 4) is 0 Å². The largest absolute Gasteiger partial charge is 0.378 e. The fourth-order valence-corrected chi connectivity index (χ4v) is 2.81. The van der Waals surface area contributed by atoms with Gasteiger partial charge in [0, 0.05) is 6.61 Å². The summed E-state index contributed by atoms with van der Waals surface area (Å²) in [6.07, 6.45) is 0.976.